The molecule has 7 nitrogen and oxygen atoms in total. The summed E-state index contributed by atoms with van der Waals surface area (Å²) in [4.78, 5) is 22.7. The molecule has 0 radical (unpaired) electrons. The summed E-state index contributed by atoms with van der Waals surface area (Å²) in [6.45, 7) is 2.24. The number of primary amides is 1. The van der Waals surface area contributed by atoms with Crippen LogP contribution in [0, 0.1) is 6.92 Å². The molecule has 1 aromatic heterocycles. The smallest absolute Gasteiger partial charge is 0.274 e. The Labute approximate surface area is 97.3 Å². The standard InChI is InChI=1S/C10H13N3O4/c1-6-2-7(13-17-6)9(15)12-10(3-8(11)14)4-16-5-10/h2H,3-5H2,1H3,(H2,11,14)(H,12,15). The zero-order valence-electron chi connectivity index (χ0n) is 9.36. The molecule has 0 aromatic carbocycles. The Balaban J connectivity index is 2.04. The summed E-state index contributed by atoms with van der Waals surface area (Å²) in [5.74, 6) is -0.333. The minimum Gasteiger partial charge on any atom is -0.376 e. The Bertz CT molecular complexity index is 450. The zero-order chi connectivity index (χ0) is 12.5. The van der Waals surface area contributed by atoms with Crippen LogP contribution in [0.15, 0.2) is 10.6 Å². The van der Waals surface area contributed by atoms with Gasteiger partial charge in [0.2, 0.25) is 5.91 Å². The Morgan fingerprint density at radius 2 is 2.29 bits per heavy atom. The van der Waals surface area contributed by atoms with Gasteiger partial charge in [-0.2, -0.15) is 0 Å². The molecule has 0 bridgehead atoms. The highest BCUT2D eigenvalue weighted by Gasteiger charge is 2.42. The molecular weight excluding hydrogens is 226 g/mol. The molecule has 7 heteroatoms. The predicted octanol–water partition coefficient (Wildman–Crippen LogP) is -0.643. The third-order valence-electron chi connectivity index (χ3n) is 2.51. The lowest BCUT2D eigenvalue weighted by atomic mass is 9.92. The van der Waals surface area contributed by atoms with E-state index in [9.17, 15) is 9.59 Å². The van der Waals surface area contributed by atoms with Crippen LogP contribution in [0.3, 0.4) is 0 Å². The molecule has 2 heterocycles. The molecule has 92 valence electrons. The first kappa shape index (κ1) is 11.6. The van der Waals surface area contributed by atoms with Gasteiger partial charge in [0.1, 0.15) is 5.76 Å². The quantitative estimate of drug-likeness (QED) is 0.726. The highest BCUT2D eigenvalue weighted by Crippen LogP contribution is 2.21. The van der Waals surface area contributed by atoms with E-state index in [4.69, 9.17) is 15.0 Å². The van der Waals surface area contributed by atoms with Crippen LogP contribution in [0.25, 0.3) is 0 Å². The van der Waals surface area contributed by atoms with Gasteiger partial charge in [-0.1, -0.05) is 5.16 Å². The summed E-state index contributed by atoms with van der Waals surface area (Å²) >= 11 is 0. The number of aryl methyl sites for hydroxylation is 1. The van der Waals surface area contributed by atoms with Crippen molar-refractivity contribution >= 4 is 11.8 Å². The summed E-state index contributed by atoms with van der Waals surface area (Å²) in [6, 6.07) is 1.52. The number of nitrogens with zero attached hydrogens (tertiary/aromatic N) is 1. The summed E-state index contributed by atoms with van der Waals surface area (Å²) in [5, 5.41) is 6.30. The van der Waals surface area contributed by atoms with E-state index in [0.29, 0.717) is 5.76 Å². The normalized spacial score (nSPS) is 17.2. The van der Waals surface area contributed by atoms with Crippen LogP contribution in [0.4, 0.5) is 0 Å². The molecule has 1 fully saturated rings. The maximum Gasteiger partial charge on any atom is 0.274 e. The van der Waals surface area contributed by atoms with Crippen LogP contribution in [0.5, 0.6) is 0 Å². The second kappa shape index (κ2) is 4.17. The summed E-state index contributed by atoms with van der Waals surface area (Å²) in [6.07, 6.45) is 0.0512. The van der Waals surface area contributed by atoms with E-state index in [2.05, 4.69) is 10.5 Å². The van der Waals surface area contributed by atoms with Crippen molar-refractivity contribution < 1.29 is 18.8 Å². The van der Waals surface area contributed by atoms with Crippen LogP contribution in [0.2, 0.25) is 0 Å². The molecule has 1 aliphatic rings. The van der Waals surface area contributed by atoms with Gasteiger partial charge in [-0.05, 0) is 6.92 Å². The lowest BCUT2D eigenvalue weighted by Gasteiger charge is -2.40. The molecule has 0 saturated carbocycles. The van der Waals surface area contributed by atoms with E-state index >= 15 is 0 Å². The second-order valence-electron chi connectivity index (χ2n) is 4.19. The van der Waals surface area contributed by atoms with Gasteiger partial charge >= 0.3 is 0 Å². The number of hydrogen-bond acceptors (Lipinski definition) is 5. The highest BCUT2D eigenvalue weighted by molar-refractivity contribution is 5.93. The number of nitrogens with one attached hydrogen (secondary N) is 1. The number of nitrogens with two attached hydrogens (primary N) is 1. The third kappa shape index (κ3) is 2.44. The van der Waals surface area contributed by atoms with Crippen molar-refractivity contribution in [3.63, 3.8) is 0 Å². The van der Waals surface area contributed by atoms with Gasteiger partial charge in [0.25, 0.3) is 5.91 Å². The van der Waals surface area contributed by atoms with E-state index in [0.717, 1.165) is 0 Å². The topological polar surface area (TPSA) is 107 Å². The van der Waals surface area contributed by atoms with Crippen molar-refractivity contribution in [3.05, 3.63) is 17.5 Å². The number of carbonyl (C=O) groups excluding carboxylic acids is 2. The Hall–Kier alpha value is -1.89. The van der Waals surface area contributed by atoms with Crippen LogP contribution < -0.4 is 11.1 Å². The molecule has 1 saturated heterocycles. The average Bonchev–Trinajstić information content (AvgIpc) is 2.60. The van der Waals surface area contributed by atoms with Crippen molar-refractivity contribution in [3.8, 4) is 0 Å². The van der Waals surface area contributed by atoms with E-state index < -0.39 is 17.4 Å². The first-order valence-corrected chi connectivity index (χ1v) is 5.13. The number of hydrogen-bond donors (Lipinski definition) is 2. The molecule has 2 amide bonds. The van der Waals surface area contributed by atoms with Gasteiger partial charge < -0.3 is 20.3 Å². The van der Waals surface area contributed by atoms with Crippen LogP contribution in [-0.4, -0.2) is 35.7 Å². The molecule has 0 unspecified atom stereocenters. The number of amides is 2. The van der Waals surface area contributed by atoms with Gasteiger partial charge in [0, 0.05) is 6.07 Å². The molecule has 0 spiro atoms. The lowest BCUT2D eigenvalue weighted by Crippen LogP contribution is -2.63. The lowest BCUT2D eigenvalue weighted by molar-refractivity contribution is -0.127. The molecular formula is C10H13N3O4. The van der Waals surface area contributed by atoms with Crippen molar-refractivity contribution in [1.29, 1.82) is 0 Å². The first-order valence-electron chi connectivity index (χ1n) is 5.13. The van der Waals surface area contributed by atoms with Gasteiger partial charge in [-0.3, -0.25) is 9.59 Å². The van der Waals surface area contributed by atoms with Gasteiger partial charge in [0.15, 0.2) is 5.69 Å². The van der Waals surface area contributed by atoms with Gasteiger partial charge in [-0.25, -0.2) is 0 Å². The monoisotopic (exact) mass is 239 g/mol. The summed E-state index contributed by atoms with van der Waals surface area (Å²) in [7, 11) is 0. The summed E-state index contributed by atoms with van der Waals surface area (Å²) in [5.41, 5.74) is 4.61. The van der Waals surface area contributed by atoms with E-state index in [1.165, 1.54) is 6.07 Å². The van der Waals surface area contributed by atoms with Gasteiger partial charge in [-0.15, -0.1) is 0 Å². The zero-order valence-corrected chi connectivity index (χ0v) is 9.36. The SMILES string of the molecule is Cc1cc(C(=O)NC2(CC(N)=O)COC2)no1. The fourth-order valence-electron chi connectivity index (χ4n) is 1.68. The molecule has 0 atom stereocenters. The van der Waals surface area contributed by atoms with Gasteiger partial charge in [0.05, 0.1) is 25.2 Å². The minimum absolute atomic E-state index is 0.0512. The second-order valence-corrected chi connectivity index (χ2v) is 4.19. The van der Waals surface area contributed by atoms with E-state index in [1.807, 2.05) is 0 Å². The number of carbonyl (C=O) groups is 2. The number of aromatic nitrogens is 1. The fraction of sp³-hybridized carbons (Fsp3) is 0.500. The van der Waals surface area contributed by atoms with Crippen molar-refractivity contribution in [1.82, 2.24) is 10.5 Å². The Morgan fingerprint density at radius 1 is 1.59 bits per heavy atom. The molecule has 0 aliphatic carbocycles. The van der Waals surface area contributed by atoms with Crippen LogP contribution in [-0.2, 0) is 9.53 Å². The van der Waals surface area contributed by atoms with E-state index in [-0.39, 0.29) is 25.3 Å². The Kier molecular flexibility index (Phi) is 2.84. The Morgan fingerprint density at radius 3 is 2.71 bits per heavy atom. The maximum atomic E-state index is 11.8. The fourth-order valence-corrected chi connectivity index (χ4v) is 1.68. The maximum absolute atomic E-state index is 11.8. The largest absolute Gasteiger partial charge is 0.376 e. The molecule has 3 N–H and O–H groups in total. The third-order valence-corrected chi connectivity index (χ3v) is 2.51. The van der Waals surface area contributed by atoms with Crippen molar-refractivity contribution in [2.45, 2.75) is 18.9 Å². The van der Waals surface area contributed by atoms with Crippen molar-refractivity contribution in [2.75, 3.05) is 13.2 Å². The van der Waals surface area contributed by atoms with Crippen molar-refractivity contribution in [2.24, 2.45) is 5.73 Å². The molecule has 2 rings (SSSR count). The molecule has 1 aromatic rings. The van der Waals surface area contributed by atoms with Crippen LogP contribution >= 0.6 is 0 Å². The molecule has 1 aliphatic heterocycles. The molecule has 17 heavy (non-hydrogen) atoms. The highest BCUT2D eigenvalue weighted by atomic mass is 16.5. The first-order chi connectivity index (χ1) is 8.01. The number of rotatable bonds is 4. The predicted molar refractivity (Wildman–Crippen MR) is 56.1 cm³/mol. The average molecular weight is 239 g/mol. The minimum atomic E-state index is -0.699. The number of ether oxygens (including phenoxy) is 1. The van der Waals surface area contributed by atoms with E-state index in [1.54, 1.807) is 6.92 Å². The summed E-state index contributed by atoms with van der Waals surface area (Å²) < 4.78 is 9.81. The van der Waals surface area contributed by atoms with Crippen LogP contribution in [0.1, 0.15) is 22.7 Å².